The molecule has 0 aliphatic carbocycles. The van der Waals surface area contributed by atoms with Gasteiger partial charge < -0.3 is 15.8 Å². The Morgan fingerprint density at radius 1 is 1.42 bits per heavy atom. The second kappa shape index (κ2) is 5.01. The van der Waals surface area contributed by atoms with Crippen LogP contribution in [0.25, 0.3) is 0 Å². The molecular weight excluding hydrogens is 244 g/mol. The van der Waals surface area contributed by atoms with Crippen LogP contribution in [-0.2, 0) is 7.05 Å². The molecule has 1 aromatic heterocycles. The van der Waals surface area contributed by atoms with Crippen molar-refractivity contribution in [1.82, 2.24) is 15.1 Å². The van der Waals surface area contributed by atoms with Crippen LogP contribution in [-0.4, -0.2) is 22.7 Å². The Bertz CT molecular complexity index is 619. The smallest absolute Gasteiger partial charge is 0.254 e. The molecule has 0 saturated heterocycles. The van der Waals surface area contributed by atoms with Gasteiger partial charge in [0.2, 0.25) is 5.88 Å². The molecule has 0 fully saturated rings. The molecule has 100 valence electrons. The minimum atomic E-state index is -0.228. The monoisotopic (exact) mass is 260 g/mol. The van der Waals surface area contributed by atoms with Crippen molar-refractivity contribution in [2.45, 2.75) is 6.92 Å². The number of carbonyl (C=O) groups excluding carboxylic acids is 1. The molecule has 3 N–H and O–H groups in total. The van der Waals surface area contributed by atoms with E-state index in [-0.39, 0.29) is 5.91 Å². The topological polar surface area (TPSA) is 82.2 Å². The van der Waals surface area contributed by atoms with Crippen LogP contribution in [0, 0.1) is 6.92 Å². The SMILES string of the molecule is CNC(=O)c1ccc(N)cc1Oc1cc(C)nn1C. The van der Waals surface area contributed by atoms with E-state index in [0.717, 1.165) is 5.69 Å². The van der Waals surface area contributed by atoms with E-state index in [2.05, 4.69) is 10.4 Å². The summed E-state index contributed by atoms with van der Waals surface area (Å²) in [5.74, 6) is 0.726. The fourth-order valence-corrected chi connectivity index (χ4v) is 1.74. The Kier molecular flexibility index (Phi) is 3.41. The van der Waals surface area contributed by atoms with Gasteiger partial charge in [-0.05, 0) is 19.1 Å². The Labute approximate surface area is 111 Å². The average Bonchev–Trinajstić information content (AvgIpc) is 2.67. The second-order valence-electron chi connectivity index (χ2n) is 4.18. The van der Waals surface area contributed by atoms with Crippen LogP contribution in [0.3, 0.4) is 0 Å². The maximum absolute atomic E-state index is 11.8. The maximum Gasteiger partial charge on any atom is 0.254 e. The van der Waals surface area contributed by atoms with Crippen molar-refractivity contribution < 1.29 is 9.53 Å². The van der Waals surface area contributed by atoms with Gasteiger partial charge in [0.05, 0.1) is 11.3 Å². The molecule has 0 aliphatic heterocycles. The summed E-state index contributed by atoms with van der Waals surface area (Å²) in [5.41, 5.74) is 7.52. The largest absolute Gasteiger partial charge is 0.438 e. The van der Waals surface area contributed by atoms with Crippen LogP contribution in [0.1, 0.15) is 16.1 Å². The molecule has 0 spiro atoms. The summed E-state index contributed by atoms with van der Waals surface area (Å²) >= 11 is 0. The van der Waals surface area contributed by atoms with Crippen molar-refractivity contribution >= 4 is 11.6 Å². The normalized spacial score (nSPS) is 10.3. The highest BCUT2D eigenvalue weighted by Crippen LogP contribution is 2.27. The zero-order valence-corrected chi connectivity index (χ0v) is 11.1. The summed E-state index contributed by atoms with van der Waals surface area (Å²) in [6.07, 6.45) is 0. The number of amides is 1. The lowest BCUT2D eigenvalue weighted by Crippen LogP contribution is -2.18. The second-order valence-corrected chi connectivity index (χ2v) is 4.18. The van der Waals surface area contributed by atoms with Gasteiger partial charge in [-0.3, -0.25) is 4.79 Å². The molecule has 6 heteroatoms. The van der Waals surface area contributed by atoms with E-state index < -0.39 is 0 Å². The van der Waals surface area contributed by atoms with Crippen LogP contribution in [0.4, 0.5) is 5.69 Å². The molecule has 19 heavy (non-hydrogen) atoms. The van der Waals surface area contributed by atoms with E-state index in [9.17, 15) is 4.79 Å². The zero-order valence-electron chi connectivity index (χ0n) is 11.1. The predicted octanol–water partition coefficient (Wildman–Crippen LogP) is 1.46. The Balaban J connectivity index is 2.41. The van der Waals surface area contributed by atoms with Gasteiger partial charge in [-0.2, -0.15) is 5.10 Å². The van der Waals surface area contributed by atoms with Crippen LogP contribution < -0.4 is 15.8 Å². The van der Waals surface area contributed by atoms with E-state index in [1.54, 1.807) is 43.0 Å². The first-order valence-corrected chi connectivity index (χ1v) is 5.81. The number of nitrogens with one attached hydrogen (secondary N) is 1. The average molecular weight is 260 g/mol. The van der Waals surface area contributed by atoms with Gasteiger partial charge in [0.25, 0.3) is 5.91 Å². The number of hydrogen-bond acceptors (Lipinski definition) is 4. The Hall–Kier alpha value is -2.50. The number of nitrogens with two attached hydrogens (primary N) is 1. The minimum absolute atomic E-state index is 0.228. The third-order valence-corrected chi connectivity index (χ3v) is 2.65. The molecule has 1 aromatic carbocycles. The summed E-state index contributed by atoms with van der Waals surface area (Å²) in [6, 6.07) is 6.70. The molecule has 2 aromatic rings. The number of nitrogens with zero attached hydrogens (tertiary/aromatic N) is 2. The predicted molar refractivity (Wildman–Crippen MR) is 72.3 cm³/mol. The van der Waals surface area contributed by atoms with Crippen molar-refractivity contribution in [1.29, 1.82) is 0 Å². The lowest BCUT2D eigenvalue weighted by Gasteiger charge is -2.10. The number of aromatic nitrogens is 2. The van der Waals surface area contributed by atoms with E-state index in [1.807, 2.05) is 6.92 Å². The van der Waals surface area contributed by atoms with Gasteiger partial charge in [0.1, 0.15) is 5.75 Å². The number of nitrogen functional groups attached to an aromatic ring is 1. The number of hydrogen-bond donors (Lipinski definition) is 2. The van der Waals surface area contributed by atoms with Gasteiger partial charge in [0.15, 0.2) is 0 Å². The molecule has 0 saturated carbocycles. The number of anilines is 1. The first kappa shape index (κ1) is 12.9. The number of ether oxygens (including phenoxy) is 1. The lowest BCUT2D eigenvalue weighted by molar-refractivity contribution is 0.0960. The highest BCUT2D eigenvalue weighted by molar-refractivity contribution is 5.97. The Morgan fingerprint density at radius 3 is 2.74 bits per heavy atom. The molecule has 1 heterocycles. The summed E-state index contributed by atoms with van der Waals surface area (Å²) < 4.78 is 7.33. The van der Waals surface area contributed by atoms with Crippen LogP contribution in [0.15, 0.2) is 24.3 Å². The third kappa shape index (κ3) is 2.67. The molecular formula is C13H16N4O2. The van der Waals surface area contributed by atoms with E-state index >= 15 is 0 Å². The van der Waals surface area contributed by atoms with Crippen molar-refractivity contribution in [2.24, 2.45) is 7.05 Å². The standard InChI is InChI=1S/C13H16N4O2/c1-8-6-12(17(3)16-8)19-11-7-9(14)4-5-10(11)13(18)15-2/h4-7H,14H2,1-3H3,(H,15,18). The van der Waals surface area contributed by atoms with Gasteiger partial charge >= 0.3 is 0 Å². The molecule has 1 amide bonds. The van der Waals surface area contributed by atoms with Crippen LogP contribution in [0.5, 0.6) is 11.6 Å². The fraction of sp³-hybridized carbons (Fsp3) is 0.231. The van der Waals surface area contributed by atoms with Crippen molar-refractivity contribution in [3.8, 4) is 11.6 Å². The van der Waals surface area contributed by atoms with Gasteiger partial charge in [-0.25, -0.2) is 4.68 Å². The fourth-order valence-electron chi connectivity index (χ4n) is 1.74. The van der Waals surface area contributed by atoms with Gasteiger partial charge in [0, 0.05) is 31.9 Å². The number of aryl methyl sites for hydroxylation is 2. The summed E-state index contributed by atoms with van der Waals surface area (Å²) in [4.78, 5) is 11.8. The zero-order chi connectivity index (χ0) is 14.0. The minimum Gasteiger partial charge on any atom is -0.438 e. The summed E-state index contributed by atoms with van der Waals surface area (Å²) in [7, 11) is 3.34. The quantitative estimate of drug-likeness (QED) is 0.818. The van der Waals surface area contributed by atoms with E-state index in [4.69, 9.17) is 10.5 Å². The van der Waals surface area contributed by atoms with E-state index in [1.165, 1.54) is 0 Å². The van der Waals surface area contributed by atoms with Crippen LogP contribution in [0.2, 0.25) is 0 Å². The van der Waals surface area contributed by atoms with Crippen molar-refractivity contribution in [3.05, 3.63) is 35.5 Å². The molecule has 0 atom stereocenters. The maximum atomic E-state index is 11.8. The first-order valence-electron chi connectivity index (χ1n) is 5.81. The summed E-state index contributed by atoms with van der Waals surface area (Å²) in [5, 5.41) is 6.75. The Morgan fingerprint density at radius 2 is 2.16 bits per heavy atom. The highest BCUT2D eigenvalue weighted by Gasteiger charge is 2.14. The molecule has 0 radical (unpaired) electrons. The van der Waals surface area contributed by atoms with E-state index in [0.29, 0.717) is 22.9 Å². The number of benzene rings is 1. The lowest BCUT2D eigenvalue weighted by atomic mass is 10.1. The first-order chi connectivity index (χ1) is 9.01. The molecule has 2 rings (SSSR count). The molecule has 0 bridgehead atoms. The number of rotatable bonds is 3. The molecule has 6 nitrogen and oxygen atoms in total. The molecule has 0 unspecified atom stereocenters. The third-order valence-electron chi connectivity index (χ3n) is 2.65. The van der Waals surface area contributed by atoms with Gasteiger partial charge in [-0.1, -0.05) is 0 Å². The molecule has 0 aliphatic rings. The van der Waals surface area contributed by atoms with Crippen molar-refractivity contribution in [2.75, 3.05) is 12.8 Å². The highest BCUT2D eigenvalue weighted by atomic mass is 16.5. The summed E-state index contributed by atoms with van der Waals surface area (Å²) in [6.45, 7) is 1.87. The number of carbonyl (C=O) groups is 1. The van der Waals surface area contributed by atoms with Crippen LogP contribution >= 0.6 is 0 Å². The van der Waals surface area contributed by atoms with Crippen molar-refractivity contribution in [3.63, 3.8) is 0 Å². The van der Waals surface area contributed by atoms with Gasteiger partial charge in [-0.15, -0.1) is 0 Å².